The molecule has 18 heavy (non-hydrogen) atoms. The maximum Gasteiger partial charge on any atom is 0.143 e. The van der Waals surface area contributed by atoms with Crippen LogP contribution in [0.25, 0.3) is 0 Å². The Bertz CT molecular complexity index is 602. The maximum atomic E-state index is 13.2. The second-order valence-corrected chi connectivity index (χ2v) is 5.22. The molecule has 0 fully saturated rings. The van der Waals surface area contributed by atoms with E-state index in [4.69, 9.17) is 17.3 Å². The van der Waals surface area contributed by atoms with Crippen LogP contribution in [0.2, 0.25) is 5.02 Å². The first-order valence-corrected chi connectivity index (χ1v) is 6.42. The van der Waals surface area contributed by atoms with Gasteiger partial charge in [-0.05, 0) is 46.6 Å². The molecule has 94 valence electrons. The SMILES string of the molecule is Cc1ccc(Br)c(Nc2cc(Cl)c(F)cc2N)c1. The van der Waals surface area contributed by atoms with Crippen molar-refractivity contribution in [1.29, 1.82) is 0 Å². The topological polar surface area (TPSA) is 38.0 Å². The van der Waals surface area contributed by atoms with Gasteiger partial charge in [-0.2, -0.15) is 0 Å². The summed E-state index contributed by atoms with van der Waals surface area (Å²) in [6, 6.07) is 8.55. The molecule has 0 amide bonds. The Hall–Kier alpha value is -1.26. The number of nitrogen functional groups attached to an aromatic ring is 1. The minimum Gasteiger partial charge on any atom is -0.397 e. The summed E-state index contributed by atoms with van der Waals surface area (Å²) in [5.74, 6) is -0.525. The molecule has 3 N–H and O–H groups in total. The molecule has 0 bridgehead atoms. The fourth-order valence-electron chi connectivity index (χ4n) is 1.55. The van der Waals surface area contributed by atoms with E-state index in [9.17, 15) is 4.39 Å². The highest BCUT2D eigenvalue weighted by Gasteiger charge is 2.08. The molecule has 0 radical (unpaired) electrons. The van der Waals surface area contributed by atoms with Crippen molar-refractivity contribution in [2.45, 2.75) is 6.92 Å². The van der Waals surface area contributed by atoms with Crippen LogP contribution in [-0.4, -0.2) is 0 Å². The molecule has 0 spiro atoms. The van der Waals surface area contributed by atoms with Crippen LogP contribution >= 0.6 is 27.5 Å². The highest BCUT2D eigenvalue weighted by molar-refractivity contribution is 9.10. The molecule has 2 aromatic carbocycles. The van der Waals surface area contributed by atoms with Gasteiger partial charge in [0.2, 0.25) is 0 Å². The predicted octanol–water partition coefficient (Wildman–Crippen LogP) is 4.88. The van der Waals surface area contributed by atoms with Crippen molar-refractivity contribution in [3.63, 3.8) is 0 Å². The van der Waals surface area contributed by atoms with Crippen molar-refractivity contribution < 1.29 is 4.39 Å². The Kier molecular flexibility index (Phi) is 3.78. The lowest BCUT2D eigenvalue weighted by Gasteiger charge is -2.12. The molecule has 0 heterocycles. The molecule has 2 nitrogen and oxygen atoms in total. The molecule has 2 aromatic rings. The average Bonchev–Trinajstić information content (AvgIpc) is 2.30. The summed E-state index contributed by atoms with van der Waals surface area (Å²) in [5, 5.41) is 3.16. The van der Waals surface area contributed by atoms with Crippen LogP contribution in [0, 0.1) is 12.7 Å². The Labute approximate surface area is 118 Å². The van der Waals surface area contributed by atoms with Gasteiger partial charge in [0.15, 0.2) is 0 Å². The second kappa shape index (κ2) is 5.16. The van der Waals surface area contributed by atoms with Crippen LogP contribution in [0.3, 0.4) is 0 Å². The standard InChI is InChI=1S/C13H11BrClFN2/c1-7-2-3-8(14)12(4-7)18-13-5-9(15)10(16)6-11(13)17/h2-6,18H,17H2,1H3. The van der Waals surface area contributed by atoms with Crippen molar-refractivity contribution >= 4 is 44.6 Å². The maximum absolute atomic E-state index is 13.2. The fourth-order valence-corrected chi connectivity index (χ4v) is 2.06. The Morgan fingerprint density at radius 3 is 2.67 bits per heavy atom. The number of benzene rings is 2. The van der Waals surface area contributed by atoms with E-state index in [1.54, 1.807) is 0 Å². The number of rotatable bonds is 2. The zero-order valence-corrected chi connectivity index (χ0v) is 11.9. The van der Waals surface area contributed by atoms with Crippen molar-refractivity contribution in [3.05, 3.63) is 51.2 Å². The molecule has 0 aliphatic heterocycles. The van der Waals surface area contributed by atoms with Gasteiger partial charge < -0.3 is 11.1 Å². The molecule has 5 heteroatoms. The van der Waals surface area contributed by atoms with Gasteiger partial charge in [-0.15, -0.1) is 0 Å². The third kappa shape index (κ3) is 2.76. The molecule has 2 rings (SSSR count). The first-order chi connectivity index (χ1) is 8.47. The smallest absolute Gasteiger partial charge is 0.143 e. The average molecular weight is 330 g/mol. The first-order valence-electron chi connectivity index (χ1n) is 5.25. The quantitative estimate of drug-likeness (QED) is 0.771. The summed E-state index contributed by atoms with van der Waals surface area (Å²) >= 11 is 9.18. The number of hydrogen-bond acceptors (Lipinski definition) is 2. The van der Waals surface area contributed by atoms with E-state index in [1.807, 2.05) is 25.1 Å². The van der Waals surface area contributed by atoms with Gasteiger partial charge in [-0.1, -0.05) is 17.7 Å². The number of anilines is 3. The van der Waals surface area contributed by atoms with Crippen LogP contribution in [0.15, 0.2) is 34.8 Å². The van der Waals surface area contributed by atoms with E-state index in [0.717, 1.165) is 15.7 Å². The summed E-state index contributed by atoms with van der Waals surface area (Å²) in [6.07, 6.45) is 0. The molecule has 0 aliphatic rings. The molecular formula is C13H11BrClFN2. The highest BCUT2D eigenvalue weighted by Crippen LogP contribution is 2.32. The minimum atomic E-state index is -0.525. The van der Waals surface area contributed by atoms with Gasteiger partial charge in [-0.3, -0.25) is 0 Å². The minimum absolute atomic E-state index is 0.0375. The number of nitrogens with one attached hydrogen (secondary N) is 1. The molecule has 0 atom stereocenters. The number of aryl methyl sites for hydroxylation is 1. The van der Waals surface area contributed by atoms with Gasteiger partial charge in [0.1, 0.15) is 5.82 Å². The number of halogens is 3. The van der Waals surface area contributed by atoms with Gasteiger partial charge in [0, 0.05) is 10.5 Å². The fraction of sp³-hybridized carbons (Fsp3) is 0.0769. The van der Waals surface area contributed by atoms with Gasteiger partial charge >= 0.3 is 0 Å². The van der Waals surface area contributed by atoms with Crippen LogP contribution in [0.1, 0.15) is 5.56 Å². The lowest BCUT2D eigenvalue weighted by atomic mass is 10.2. The molecular weight excluding hydrogens is 319 g/mol. The van der Waals surface area contributed by atoms with Crippen LogP contribution < -0.4 is 11.1 Å². The third-order valence-electron chi connectivity index (χ3n) is 2.48. The summed E-state index contributed by atoms with van der Waals surface area (Å²) in [6.45, 7) is 1.98. The predicted molar refractivity (Wildman–Crippen MR) is 78.0 cm³/mol. The summed E-state index contributed by atoms with van der Waals surface area (Å²) in [7, 11) is 0. The van der Waals surface area contributed by atoms with E-state index >= 15 is 0 Å². The van der Waals surface area contributed by atoms with Crippen LogP contribution in [-0.2, 0) is 0 Å². The Morgan fingerprint density at radius 1 is 1.22 bits per heavy atom. The molecule has 0 aliphatic carbocycles. The third-order valence-corrected chi connectivity index (χ3v) is 3.46. The van der Waals surface area contributed by atoms with Gasteiger partial charge in [0.05, 0.1) is 22.1 Å². The summed E-state index contributed by atoms with van der Waals surface area (Å²) in [5.41, 5.74) is 8.59. The molecule has 0 saturated heterocycles. The zero-order valence-electron chi connectivity index (χ0n) is 9.60. The van der Waals surface area contributed by atoms with Gasteiger partial charge in [0.25, 0.3) is 0 Å². The lowest BCUT2D eigenvalue weighted by molar-refractivity contribution is 0.629. The molecule has 0 saturated carbocycles. The van der Waals surface area contributed by atoms with E-state index in [-0.39, 0.29) is 5.02 Å². The van der Waals surface area contributed by atoms with E-state index < -0.39 is 5.82 Å². The second-order valence-electron chi connectivity index (χ2n) is 3.96. The Morgan fingerprint density at radius 2 is 1.94 bits per heavy atom. The molecule has 0 unspecified atom stereocenters. The largest absolute Gasteiger partial charge is 0.397 e. The highest BCUT2D eigenvalue weighted by atomic mass is 79.9. The van der Waals surface area contributed by atoms with Crippen molar-refractivity contribution in [3.8, 4) is 0 Å². The summed E-state index contributed by atoms with van der Waals surface area (Å²) < 4.78 is 14.1. The van der Waals surface area contributed by atoms with Crippen LogP contribution in [0.5, 0.6) is 0 Å². The summed E-state index contributed by atoms with van der Waals surface area (Å²) in [4.78, 5) is 0. The van der Waals surface area contributed by atoms with Crippen molar-refractivity contribution in [2.24, 2.45) is 0 Å². The number of hydrogen-bond donors (Lipinski definition) is 2. The monoisotopic (exact) mass is 328 g/mol. The van der Waals surface area contributed by atoms with Crippen molar-refractivity contribution in [2.75, 3.05) is 11.1 Å². The van der Waals surface area contributed by atoms with Crippen molar-refractivity contribution in [1.82, 2.24) is 0 Å². The lowest BCUT2D eigenvalue weighted by Crippen LogP contribution is -1.98. The molecule has 0 aromatic heterocycles. The van der Waals surface area contributed by atoms with Crippen LogP contribution in [0.4, 0.5) is 21.5 Å². The van der Waals surface area contributed by atoms with E-state index in [1.165, 1.54) is 12.1 Å². The zero-order chi connectivity index (χ0) is 13.3. The normalized spacial score (nSPS) is 10.4. The first kappa shape index (κ1) is 13.2. The van der Waals surface area contributed by atoms with E-state index in [2.05, 4.69) is 21.2 Å². The number of nitrogens with two attached hydrogens (primary N) is 1. The van der Waals surface area contributed by atoms with E-state index in [0.29, 0.717) is 11.4 Å². The Balaban J connectivity index is 2.40. The van der Waals surface area contributed by atoms with Gasteiger partial charge in [-0.25, -0.2) is 4.39 Å².